The summed E-state index contributed by atoms with van der Waals surface area (Å²) in [5, 5.41) is 9.00. The van der Waals surface area contributed by atoms with Gasteiger partial charge in [0.25, 0.3) is 5.91 Å². The lowest BCUT2D eigenvalue weighted by Gasteiger charge is -2.30. The van der Waals surface area contributed by atoms with Crippen LogP contribution in [0.15, 0.2) is 12.1 Å². The Morgan fingerprint density at radius 3 is 2.50 bits per heavy atom. The fourth-order valence-electron chi connectivity index (χ4n) is 2.26. The number of nitrogen functional groups attached to an aromatic ring is 1. The van der Waals surface area contributed by atoms with E-state index in [0.29, 0.717) is 25.9 Å². The van der Waals surface area contributed by atoms with E-state index in [1.54, 1.807) is 0 Å². The summed E-state index contributed by atoms with van der Waals surface area (Å²) in [7, 11) is 0. The number of carbonyl (C=O) groups is 2. The first kappa shape index (κ1) is 14.6. The van der Waals surface area contributed by atoms with Crippen LogP contribution in [0, 0.1) is 11.7 Å². The zero-order valence-electron chi connectivity index (χ0n) is 10.6. The molecule has 5 nitrogen and oxygen atoms in total. The molecule has 1 aliphatic rings. The monoisotopic (exact) mass is 300 g/mol. The molecule has 2 rings (SSSR count). The van der Waals surface area contributed by atoms with Crippen LogP contribution in [-0.2, 0) is 4.79 Å². The first-order valence-corrected chi connectivity index (χ1v) is 6.54. The zero-order chi connectivity index (χ0) is 14.9. The molecule has 108 valence electrons. The molecule has 1 aliphatic heterocycles. The first-order chi connectivity index (χ1) is 9.40. The smallest absolute Gasteiger partial charge is 0.306 e. The Labute approximate surface area is 120 Å². The molecule has 0 aromatic heterocycles. The number of benzene rings is 1. The van der Waals surface area contributed by atoms with Crippen LogP contribution in [0.25, 0.3) is 0 Å². The van der Waals surface area contributed by atoms with Gasteiger partial charge >= 0.3 is 5.97 Å². The van der Waals surface area contributed by atoms with Gasteiger partial charge in [0, 0.05) is 18.1 Å². The van der Waals surface area contributed by atoms with Gasteiger partial charge in [0.15, 0.2) is 0 Å². The number of nitrogens with two attached hydrogens (primary N) is 1. The van der Waals surface area contributed by atoms with Gasteiger partial charge in [-0.3, -0.25) is 9.59 Å². The van der Waals surface area contributed by atoms with Crippen LogP contribution in [0.5, 0.6) is 0 Å². The van der Waals surface area contributed by atoms with E-state index in [1.807, 2.05) is 0 Å². The molecule has 20 heavy (non-hydrogen) atoms. The maximum Gasteiger partial charge on any atom is 0.306 e. The normalized spacial score (nSPS) is 16.2. The van der Waals surface area contributed by atoms with Crippen molar-refractivity contribution in [3.63, 3.8) is 0 Å². The topological polar surface area (TPSA) is 83.6 Å². The largest absolute Gasteiger partial charge is 0.481 e. The maximum absolute atomic E-state index is 13.5. The summed E-state index contributed by atoms with van der Waals surface area (Å²) in [5.41, 5.74) is 5.34. The second kappa shape index (κ2) is 5.66. The van der Waals surface area contributed by atoms with Crippen LogP contribution >= 0.6 is 11.6 Å². The molecule has 1 aromatic carbocycles. The van der Waals surface area contributed by atoms with Crippen LogP contribution in [0.3, 0.4) is 0 Å². The van der Waals surface area contributed by atoms with Crippen molar-refractivity contribution < 1.29 is 19.1 Å². The number of aliphatic carboxylic acids is 1. The van der Waals surface area contributed by atoms with Gasteiger partial charge in [0.1, 0.15) is 5.82 Å². The fraction of sp³-hybridized carbons (Fsp3) is 0.385. The lowest BCUT2D eigenvalue weighted by Crippen LogP contribution is -2.40. The summed E-state index contributed by atoms with van der Waals surface area (Å²) in [6.45, 7) is 0.618. The Morgan fingerprint density at radius 1 is 1.35 bits per heavy atom. The number of hydrogen-bond donors (Lipinski definition) is 2. The summed E-state index contributed by atoms with van der Waals surface area (Å²) in [4.78, 5) is 24.6. The highest BCUT2D eigenvalue weighted by Gasteiger charge is 2.28. The predicted octanol–water partition coefficient (Wildman–Crippen LogP) is 2.00. The molecule has 3 N–H and O–H groups in total. The van der Waals surface area contributed by atoms with Crippen LogP contribution < -0.4 is 5.73 Å². The van der Waals surface area contributed by atoms with Gasteiger partial charge in [0.2, 0.25) is 0 Å². The molecule has 0 unspecified atom stereocenters. The van der Waals surface area contributed by atoms with Crippen molar-refractivity contribution in [3.05, 3.63) is 28.5 Å². The van der Waals surface area contributed by atoms with Gasteiger partial charge in [-0.05, 0) is 25.0 Å². The van der Waals surface area contributed by atoms with Crippen molar-refractivity contribution in [2.24, 2.45) is 5.92 Å². The number of amides is 1. The van der Waals surface area contributed by atoms with Crippen LogP contribution in [-0.4, -0.2) is 35.0 Å². The van der Waals surface area contributed by atoms with E-state index in [4.69, 9.17) is 22.4 Å². The minimum absolute atomic E-state index is 0.0174. The highest BCUT2D eigenvalue weighted by molar-refractivity contribution is 6.31. The fourth-order valence-corrected chi connectivity index (χ4v) is 2.47. The van der Waals surface area contributed by atoms with Crippen LogP contribution in [0.4, 0.5) is 10.1 Å². The number of piperidine rings is 1. The lowest BCUT2D eigenvalue weighted by atomic mass is 9.96. The Morgan fingerprint density at radius 2 is 1.95 bits per heavy atom. The number of carbonyl (C=O) groups excluding carboxylic acids is 1. The van der Waals surface area contributed by atoms with E-state index < -0.39 is 23.6 Å². The van der Waals surface area contributed by atoms with E-state index in [9.17, 15) is 14.0 Å². The molecular formula is C13H14ClFN2O3. The Kier molecular flexibility index (Phi) is 4.13. The summed E-state index contributed by atoms with van der Waals surface area (Å²) in [5.74, 6) is -2.45. The number of carboxylic acids is 1. The summed E-state index contributed by atoms with van der Waals surface area (Å²) in [6.07, 6.45) is 0.758. The van der Waals surface area contributed by atoms with E-state index in [2.05, 4.69) is 0 Å². The number of hydrogen-bond acceptors (Lipinski definition) is 3. The van der Waals surface area contributed by atoms with E-state index >= 15 is 0 Å². The van der Waals surface area contributed by atoms with Gasteiger partial charge in [0.05, 0.1) is 17.2 Å². The van der Waals surface area contributed by atoms with Gasteiger partial charge in [-0.25, -0.2) is 4.39 Å². The van der Waals surface area contributed by atoms with Crippen molar-refractivity contribution in [2.45, 2.75) is 12.8 Å². The Balaban J connectivity index is 2.15. The predicted molar refractivity (Wildman–Crippen MR) is 72.1 cm³/mol. The van der Waals surface area contributed by atoms with E-state index in [0.717, 1.165) is 6.07 Å². The van der Waals surface area contributed by atoms with E-state index in [1.165, 1.54) is 11.0 Å². The zero-order valence-corrected chi connectivity index (χ0v) is 11.4. The quantitative estimate of drug-likeness (QED) is 0.818. The molecule has 0 atom stereocenters. The lowest BCUT2D eigenvalue weighted by molar-refractivity contribution is -0.143. The van der Waals surface area contributed by atoms with Gasteiger partial charge in [-0.2, -0.15) is 0 Å². The minimum atomic E-state index is -0.856. The number of halogens is 2. The third-order valence-electron chi connectivity index (χ3n) is 3.46. The summed E-state index contributed by atoms with van der Waals surface area (Å²) >= 11 is 5.73. The summed E-state index contributed by atoms with van der Waals surface area (Å²) in [6, 6.07) is 2.37. The molecule has 1 amide bonds. The number of rotatable bonds is 2. The summed E-state index contributed by atoms with van der Waals surface area (Å²) < 4.78 is 13.5. The van der Waals surface area contributed by atoms with Gasteiger partial charge in [-0.1, -0.05) is 11.6 Å². The SMILES string of the molecule is Nc1c(F)cc(Cl)cc1C(=O)N1CCC(C(=O)O)CC1. The Bertz CT molecular complexity index is 557. The van der Waals surface area contributed by atoms with Crippen LogP contribution in [0.1, 0.15) is 23.2 Å². The third-order valence-corrected chi connectivity index (χ3v) is 3.67. The maximum atomic E-state index is 13.5. The van der Waals surface area contributed by atoms with Gasteiger partial charge in [-0.15, -0.1) is 0 Å². The molecule has 0 aliphatic carbocycles. The molecular weight excluding hydrogens is 287 g/mol. The standard InChI is InChI=1S/C13H14ClFN2O3/c14-8-5-9(11(16)10(15)6-8)12(18)17-3-1-7(2-4-17)13(19)20/h5-7H,1-4,16H2,(H,19,20). The second-order valence-electron chi connectivity index (χ2n) is 4.75. The van der Waals surface area contributed by atoms with Crippen LogP contribution in [0.2, 0.25) is 5.02 Å². The van der Waals surface area contributed by atoms with Crippen molar-refractivity contribution in [1.82, 2.24) is 4.90 Å². The molecule has 0 spiro atoms. The molecule has 0 saturated carbocycles. The molecule has 0 radical (unpaired) electrons. The molecule has 7 heteroatoms. The number of nitrogens with zero attached hydrogens (tertiary/aromatic N) is 1. The minimum Gasteiger partial charge on any atom is -0.481 e. The van der Waals surface area contributed by atoms with Crippen molar-refractivity contribution in [3.8, 4) is 0 Å². The molecule has 1 fully saturated rings. The average molecular weight is 301 g/mol. The number of carboxylic acid groups (broad SMARTS) is 1. The first-order valence-electron chi connectivity index (χ1n) is 6.16. The van der Waals surface area contributed by atoms with Crippen molar-refractivity contribution in [1.29, 1.82) is 0 Å². The van der Waals surface area contributed by atoms with Crippen molar-refractivity contribution >= 4 is 29.2 Å². The molecule has 1 saturated heterocycles. The highest BCUT2D eigenvalue weighted by Crippen LogP contribution is 2.25. The van der Waals surface area contributed by atoms with Gasteiger partial charge < -0.3 is 15.7 Å². The Hall–Kier alpha value is -1.82. The molecule has 0 bridgehead atoms. The number of likely N-dealkylation sites (tertiary alicyclic amines) is 1. The highest BCUT2D eigenvalue weighted by atomic mass is 35.5. The number of anilines is 1. The second-order valence-corrected chi connectivity index (χ2v) is 5.19. The van der Waals surface area contributed by atoms with Crippen molar-refractivity contribution in [2.75, 3.05) is 18.8 Å². The molecule has 1 heterocycles. The van der Waals surface area contributed by atoms with E-state index in [-0.39, 0.29) is 16.3 Å². The third kappa shape index (κ3) is 2.85. The molecule has 1 aromatic rings. The average Bonchev–Trinajstić information content (AvgIpc) is 2.42.